The molecule has 0 aliphatic heterocycles. The van der Waals surface area contributed by atoms with Crippen molar-refractivity contribution in [1.29, 1.82) is 0 Å². The lowest BCUT2D eigenvalue weighted by Crippen LogP contribution is -2.20. The Bertz CT molecular complexity index is 215. The summed E-state index contributed by atoms with van der Waals surface area (Å²) in [6, 6.07) is 0. The first-order valence-corrected chi connectivity index (χ1v) is 5.13. The van der Waals surface area contributed by atoms with Gasteiger partial charge in [-0.2, -0.15) is 0 Å². The molecule has 0 amide bonds. The third kappa shape index (κ3) is 5.73. The second kappa shape index (κ2) is 5.31. The fraction of sp³-hybridized carbons (Fsp3) is 0.800. The quantitative estimate of drug-likeness (QED) is 0.329. The number of aliphatic hydroxyl groups is 2. The van der Waals surface area contributed by atoms with Gasteiger partial charge >= 0.3 is 13.6 Å². The van der Waals surface area contributed by atoms with Crippen LogP contribution in [0.1, 0.15) is 6.42 Å². The summed E-state index contributed by atoms with van der Waals surface area (Å²) >= 11 is 0. The average Bonchev–Trinajstić information content (AvgIpc) is 2.00. The summed E-state index contributed by atoms with van der Waals surface area (Å²) in [7, 11) is -3.96. The number of aliphatic carboxylic acids is 1. The van der Waals surface area contributed by atoms with Crippen LogP contribution >= 0.6 is 7.60 Å². The Kier molecular flexibility index (Phi) is 5.12. The number of carboxylic acid groups (broad SMARTS) is 1. The molecule has 0 aromatic heterocycles. The van der Waals surface area contributed by atoms with Crippen molar-refractivity contribution >= 4 is 13.6 Å². The Morgan fingerprint density at radius 1 is 1.54 bits per heavy atom. The molecule has 0 aromatic rings. The van der Waals surface area contributed by atoms with E-state index in [-0.39, 0.29) is 0 Å². The first-order chi connectivity index (χ1) is 5.89. The molecule has 0 bridgehead atoms. The fourth-order valence-corrected chi connectivity index (χ4v) is 1.44. The molecule has 78 valence electrons. The highest BCUT2D eigenvalue weighted by Gasteiger charge is 2.23. The van der Waals surface area contributed by atoms with Gasteiger partial charge in [0.05, 0.1) is 6.16 Å². The van der Waals surface area contributed by atoms with E-state index in [1.165, 1.54) is 0 Å². The van der Waals surface area contributed by atoms with E-state index >= 15 is 0 Å². The van der Waals surface area contributed by atoms with Crippen LogP contribution in [0.2, 0.25) is 0 Å². The Morgan fingerprint density at radius 2 is 2.08 bits per heavy atom. The van der Waals surface area contributed by atoms with E-state index in [0.29, 0.717) is 0 Å². The highest BCUT2D eigenvalue weighted by Crippen LogP contribution is 2.42. The molecule has 0 aliphatic carbocycles. The topological polar surface area (TPSA) is 124 Å². The van der Waals surface area contributed by atoms with Gasteiger partial charge in [-0.25, -0.2) is 4.79 Å². The molecule has 0 spiro atoms. The highest BCUT2D eigenvalue weighted by molar-refractivity contribution is 7.52. The van der Waals surface area contributed by atoms with Crippen LogP contribution in [0.15, 0.2) is 0 Å². The zero-order valence-corrected chi connectivity index (χ0v) is 7.55. The lowest BCUT2D eigenvalue weighted by molar-refractivity contribution is -0.146. The van der Waals surface area contributed by atoms with E-state index in [4.69, 9.17) is 20.2 Å². The monoisotopic (exact) mass is 214 g/mol. The number of hydrogen-bond donors (Lipinski definition) is 4. The van der Waals surface area contributed by atoms with Crippen LogP contribution in [-0.2, 0) is 13.9 Å². The summed E-state index contributed by atoms with van der Waals surface area (Å²) in [6.07, 6.45) is -2.60. The zero-order valence-electron chi connectivity index (χ0n) is 6.66. The number of carboxylic acids is 1. The summed E-state index contributed by atoms with van der Waals surface area (Å²) in [5, 5.41) is 25.0. The molecule has 13 heavy (non-hydrogen) atoms. The molecule has 0 radical (unpaired) electrons. The average molecular weight is 214 g/mol. The Hall–Kier alpha value is -0.460. The van der Waals surface area contributed by atoms with Gasteiger partial charge in [-0.15, -0.1) is 0 Å². The van der Waals surface area contributed by atoms with Crippen molar-refractivity contribution < 1.29 is 34.1 Å². The minimum absolute atomic E-state index is 0.400. The second-order valence-corrected chi connectivity index (χ2v) is 4.24. The first kappa shape index (κ1) is 12.5. The summed E-state index contributed by atoms with van der Waals surface area (Å²) in [4.78, 5) is 18.9. The SMILES string of the molecule is O=C(O)C(O)CCP(=O)(O)OCO. The maximum absolute atomic E-state index is 10.8. The lowest BCUT2D eigenvalue weighted by Gasteiger charge is -2.10. The largest absolute Gasteiger partial charge is 0.479 e. The molecule has 7 nitrogen and oxygen atoms in total. The van der Waals surface area contributed by atoms with Gasteiger partial charge in [0, 0.05) is 0 Å². The molecule has 0 aliphatic rings. The van der Waals surface area contributed by atoms with Gasteiger partial charge in [0.1, 0.15) is 0 Å². The molecule has 0 aromatic carbocycles. The fourth-order valence-electron chi connectivity index (χ4n) is 0.564. The van der Waals surface area contributed by atoms with Crippen LogP contribution in [0.25, 0.3) is 0 Å². The minimum Gasteiger partial charge on any atom is -0.479 e. The predicted molar refractivity (Wildman–Crippen MR) is 41.1 cm³/mol. The van der Waals surface area contributed by atoms with Gasteiger partial charge in [-0.05, 0) is 6.42 Å². The number of aliphatic hydroxyl groups excluding tert-OH is 2. The number of hydrogen-bond acceptors (Lipinski definition) is 5. The van der Waals surface area contributed by atoms with E-state index < -0.39 is 39.0 Å². The summed E-state index contributed by atoms with van der Waals surface area (Å²) in [5.41, 5.74) is 0. The van der Waals surface area contributed by atoms with E-state index in [2.05, 4.69) is 4.52 Å². The van der Waals surface area contributed by atoms with Crippen LogP contribution in [0.3, 0.4) is 0 Å². The maximum atomic E-state index is 10.8. The van der Waals surface area contributed by atoms with Crippen molar-refractivity contribution in [2.75, 3.05) is 13.0 Å². The summed E-state index contributed by atoms with van der Waals surface area (Å²) in [5.74, 6) is -1.47. The lowest BCUT2D eigenvalue weighted by atomic mass is 10.3. The van der Waals surface area contributed by atoms with Gasteiger partial charge in [0.25, 0.3) is 0 Å². The zero-order chi connectivity index (χ0) is 10.5. The van der Waals surface area contributed by atoms with E-state index in [0.717, 1.165) is 0 Å². The van der Waals surface area contributed by atoms with Crippen LogP contribution in [0.4, 0.5) is 0 Å². The summed E-state index contributed by atoms with van der Waals surface area (Å²) < 4.78 is 14.8. The number of carbonyl (C=O) groups is 1. The van der Waals surface area contributed by atoms with Crippen LogP contribution in [-0.4, -0.2) is 45.2 Å². The molecule has 2 unspecified atom stereocenters. The van der Waals surface area contributed by atoms with Crippen molar-refractivity contribution in [2.45, 2.75) is 12.5 Å². The highest BCUT2D eigenvalue weighted by atomic mass is 31.2. The Labute approximate surface area is 74.1 Å². The third-order valence-corrected chi connectivity index (χ3v) is 2.57. The molecule has 0 saturated heterocycles. The predicted octanol–water partition coefficient (Wildman–Crippen LogP) is -1.03. The van der Waals surface area contributed by atoms with Gasteiger partial charge in [-0.3, -0.25) is 9.09 Å². The van der Waals surface area contributed by atoms with Crippen molar-refractivity contribution in [3.05, 3.63) is 0 Å². The van der Waals surface area contributed by atoms with Crippen LogP contribution in [0, 0.1) is 0 Å². The molecule has 0 heterocycles. The Balaban J connectivity index is 3.87. The van der Waals surface area contributed by atoms with Crippen molar-refractivity contribution in [1.82, 2.24) is 0 Å². The molecule has 4 N–H and O–H groups in total. The van der Waals surface area contributed by atoms with Gasteiger partial charge < -0.3 is 20.2 Å². The minimum atomic E-state index is -3.96. The van der Waals surface area contributed by atoms with Gasteiger partial charge in [-0.1, -0.05) is 0 Å². The Morgan fingerprint density at radius 3 is 2.46 bits per heavy atom. The van der Waals surface area contributed by atoms with Gasteiger partial charge in [0.15, 0.2) is 12.9 Å². The van der Waals surface area contributed by atoms with Gasteiger partial charge in [0.2, 0.25) is 0 Å². The number of rotatable bonds is 6. The van der Waals surface area contributed by atoms with Crippen LogP contribution < -0.4 is 0 Å². The van der Waals surface area contributed by atoms with Crippen molar-refractivity contribution in [3.63, 3.8) is 0 Å². The van der Waals surface area contributed by atoms with E-state index in [1.807, 2.05) is 0 Å². The van der Waals surface area contributed by atoms with Crippen molar-refractivity contribution in [3.8, 4) is 0 Å². The van der Waals surface area contributed by atoms with Crippen LogP contribution in [0.5, 0.6) is 0 Å². The molecule has 0 fully saturated rings. The normalized spacial score (nSPS) is 17.8. The smallest absolute Gasteiger partial charge is 0.332 e. The molecular weight excluding hydrogens is 203 g/mol. The van der Waals surface area contributed by atoms with E-state index in [9.17, 15) is 9.36 Å². The van der Waals surface area contributed by atoms with Crippen molar-refractivity contribution in [2.24, 2.45) is 0 Å². The summed E-state index contributed by atoms with van der Waals surface area (Å²) in [6.45, 7) is -0.920. The third-order valence-electron chi connectivity index (χ3n) is 1.23. The molecule has 0 rings (SSSR count). The standard InChI is InChI=1S/C5H11O7P/c6-3-12-13(10,11)2-1-4(7)5(8)9/h4,6-7H,1-3H2,(H,8,9)(H,10,11). The first-order valence-electron chi connectivity index (χ1n) is 3.37. The second-order valence-electron chi connectivity index (χ2n) is 2.26. The molecular formula is C5H11O7P. The van der Waals surface area contributed by atoms with E-state index in [1.54, 1.807) is 0 Å². The molecule has 8 heteroatoms. The molecule has 0 saturated carbocycles. The maximum Gasteiger partial charge on any atom is 0.332 e. The molecule has 2 atom stereocenters.